The van der Waals surface area contributed by atoms with Gasteiger partial charge < -0.3 is 4.74 Å². The molecule has 0 aliphatic rings. The molecule has 1 aromatic heterocycles. The van der Waals surface area contributed by atoms with Crippen molar-refractivity contribution in [1.82, 2.24) is 15.0 Å². The van der Waals surface area contributed by atoms with Crippen molar-refractivity contribution < 1.29 is 19.1 Å². The van der Waals surface area contributed by atoms with Gasteiger partial charge in [-0.1, -0.05) is 95.6 Å². The molecular formula is C28H30Cl4N6O4. The number of benzene rings is 2. The number of halogens is 4. The maximum atomic E-state index is 11.0. The van der Waals surface area contributed by atoms with Gasteiger partial charge >= 0.3 is 12.1 Å². The van der Waals surface area contributed by atoms with Gasteiger partial charge in [-0.05, 0) is 57.0 Å². The number of aromatic nitrogens is 3. The molecule has 0 radical (unpaired) electrons. The van der Waals surface area contributed by atoms with Gasteiger partial charge in [0.15, 0.2) is 0 Å². The first-order valence-corrected chi connectivity index (χ1v) is 14.0. The number of carbonyl (C=O) groups excluding carboxylic acids is 3. The largest absolute Gasteiger partial charge is 0.456 e. The zero-order chi connectivity index (χ0) is 32.2. The summed E-state index contributed by atoms with van der Waals surface area (Å²) in [6.45, 7) is 11.9. The number of azide groups is 1. The van der Waals surface area contributed by atoms with Crippen LogP contribution in [0.4, 0.5) is 0 Å². The quantitative estimate of drug-likeness (QED) is 0.0888. The fraction of sp³-hybridized carbons (Fsp3) is 0.357. The molecule has 0 unspecified atom stereocenters. The summed E-state index contributed by atoms with van der Waals surface area (Å²) in [7, 11) is 0. The van der Waals surface area contributed by atoms with E-state index in [-0.39, 0.29) is 18.2 Å². The molecule has 2 aromatic carbocycles. The van der Waals surface area contributed by atoms with Crippen LogP contribution in [0, 0.1) is 11.8 Å². The third-order valence-corrected chi connectivity index (χ3v) is 5.88. The van der Waals surface area contributed by atoms with Crippen molar-refractivity contribution in [2.24, 2.45) is 5.11 Å². The highest BCUT2D eigenvalue weighted by atomic mass is 35.5. The molecule has 3 rings (SSSR count). The van der Waals surface area contributed by atoms with E-state index < -0.39 is 5.97 Å². The predicted molar refractivity (Wildman–Crippen MR) is 165 cm³/mol. The molecule has 14 heteroatoms. The summed E-state index contributed by atoms with van der Waals surface area (Å²) < 4.78 is 6.56. The van der Waals surface area contributed by atoms with Crippen LogP contribution in [0.25, 0.3) is 21.7 Å². The lowest BCUT2D eigenvalue weighted by molar-refractivity contribution is -0.191. The van der Waals surface area contributed by atoms with Crippen LogP contribution >= 0.6 is 46.4 Å². The fourth-order valence-corrected chi connectivity index (χ4v) is 4.05. The highest BCUT2D eigenvalue weighted by molar-refractivity contribution is 6.39. The van der Waals surface area contributed by atoms with E-state index in [9.17, 15) is 4.79 Å². The predicted octanol–water partition coefficient (Wildman–Crippen LogP) is 8.42. The van der Waals surface area contributed by atoms with E-state index in [1.54, 1.807) is 25.1 Å². The van der Waals surface area contributed by atoms with Crippen molar-refractivity contribution in [2.75, 3.05) is 6.61 Å². The van der Waals surface area contributed by atoms with E-state index in [1.165, 1.54) is 0 Å². The van der Waals surface area contributed by atoms with Gasteiger partial charge in [0.25, 0.3) is 0 Å². The van der Waals surface area contributed by atoms with Crippen LogP contribution in [0.2, 0.25) is 20.1 Å². The second kappa shape index (κ2) is 21.2. The molecule has 3 aromatic rings. The second-order valence-corrected chi connectivity index (χ2v) is 9.95. The standard InChI is InChI=1S/C13H15Cl2N3.C11H8Cl2O2.C3H7N3.CO2/c1-4-11-13(16-17-18(11)8(2)3)12-9(14)6-5-7-10(12)15;1-2-15-11(14)7-6-8-9(12)4-3-5-10(8)13;1-3(2)5-6-4;2-1-3/h5-8H,4H2,1-3H3;3-5H,2H2,1H3;3H,1-2H3;. The first kappa shape index (κ1) is 38.5. The molecule has 224 valence electrons. The minimum atomic E-state index is -0.589. The molecule has 0 saturated carbocycles. The van der Waals surface area contributed by atoms with Gasteiger partial charge in [-0.25, -0.2) is 9.48 Å². The maximum Gasteiger partial charge on any atom is 0.384 e. The Kier molecular flexibility index (Phi) is 19.4. The zero-order valence-electron chi connectivity index (χ0n) is 23.9. The van der Waals surface area contributed by atoms with Crippen molar-refractivity contribution in [2.45, 2.75) is 60.0 Å². The summed E-state index contributed by atoms with van der Waals surface area (Å²) in [4.78, 5) is 29.8. The fourth-order valence-electron chi connectivity index (χ4n) is 2.98. The number of ether oxygens (including phenoxy) is 1. The smallest absolute Gasteiger partial charge is 0.384 e. The Hall–Kier alpha value is -3.54. The third-order valence-electron chi connectivity index (χ3n) is 4.62. The van der Waals surface area contributed by atoms with Crippen LogP contribution in [-0.2, 0) is 25.5 Å². The van der Waals surface area contributed by atoms with Crippen LogP contribution in [0.1, 0.15) is 58.8 Å². The van der Waals surface area contributed by atoms with E-state index in [1.807, 2.05) is 36.7 Å². The van der Waals surface area contributed by atoms with Crippen LogP contribution in [0.3, 0.4) is 0 Å². The van der Waals surface area contributed by atoms with E-state index in [0.717, 1.165) is 23.4 Å². The minimum absolute atomic E-state index is 0.106. The summed E-state index contributed by atoms with van der Waals surface area (Å²) in [5, 5.41) is 13.8. The topological polar surface area (TPSA) is 140 Å². The molecule has 10 nitrogen and oxygen atoms in total. The second-order valence-electron chi connectivity index (χ2n) is 8.32. The Labute approximate surface area is 264 Å². The zero-order valence-corrected chi connectivity index (χ0v) is 26.9. The monoisotopic (exact) mass is 654 g/mol. The Balaban J connectivity index is 0.000000630. The Bertz CT molecular complexity index is 1410. The molecule has 0 bridgehead atoms. The third kappa shape index (κ3) is 13.4. The Morgan fingerprint density at radius 1 is 1.00 bits per heavy atom. The molecular weight excluding hydrogens is 626 g/mol. The van der Waals surface area contributed by atoms with E-state index in [0.29, 0.717) is 32.3 Å². The summed E-state index contributed by atoms with van der Waals surface area (Å²) in [5.41, 5.74) is 10.7. The SMILES string of the molecule is CC(C)N=[N+]=[N-].CCOC(=O)C#Cc1c(Cl)cccc1Cl.CCc1c(-c2c(Cl)cccc2Cl)nnn1C(C)C.O=C=O. The molecule has 0 atom stereocenters. The molecule has 42 heavy (non-hydrogen) atoms. The number of hydrogen-bond donors (Lipinski definition) is 0. The van der Waals surface area contributed by atoms with Crippen molar-refractivity contribution in [1.29, 1.82) is 0 Å². The molecule has 1 heterocycles. The molecule has 0 N–H and O–H groups in total. The lowest BCUT2D eigenvalue weighted by Gasteiger charge is -2.10. The van der Waals surface area contributed by atoms with Crippen LogP contribution in [0.5, 0.6) is 0 Å². The molecule has 0 aliphatic carbocycles. The molecule has 0 aliphatic heterocycles. The van der Waals surface area contributed by atoms with Gasteiger partial charge in [-0.2, -0.15) is 9.59 Å². The first-order valence-electron chi connectivity index (χ1n) is 12.4. The van der Waals surface area contributed by atoms with Crippen LogP contribution in [-0.4, -0.2) is 39.8 Å². The number of nitrogens with zero attached hydrogens (tertiary/aromatic N) is 6. The van der Waals surface area contributed by atoms with E-state index in [2.05, 4.69) is 57.7 Å². The average Bonchev–Trinajstić information content (AvgIpc) is 3.34. The van der Waals surface area contributed by atoms with Crippen molar-refractivity contribution in [3.8, 4) is 23.1 Å². The number of carbonyl (C=O) groups is 1. The van der Waals surface area contributed by atoms with Gasteiger partial charge in [0.05, 0.1) is 38.0 Å². The lowest BCUT2D eigenvalue weighted by atomic mass is 10.1. The highest BCUT2D eigenvalue weighted by Crippen LogP contribution is 2.35. The Morgan fingerprint density at radius 3 is 1.88 bits per heavy atom. The van der Waals surface area contributed by atoms with Gasteiger partial charge in [0, 0.05) is 28.5 Å². The van der Waals surface area contributed by atoms with E-state index in [4.69, 9.17) is 61.5 Å². The average molecular weight is 656 g/mol. The first-order chi connectivity index (χ1) is 19.9. The summed E-state index contributed by atoms with van der Waals surface area (Å²) in [6, 6.07) is 10.9. The van der Waals surface area contributed by atoms with E-state index >= 15 is 0 Å². The minimum Gasteiger partial charge on any atom is -0.456 e. The van der Waals surface area contributed by atoms with Gasteiger partial charge in [-0.15, -0.1) is 5.10 Å². The number of esters is 1. The van der Waals surface area contributed by atoms with Gasteiger partial charge in [-0.3, -0.25) is 0 Å². The van der Waals surface area contributed by atoms with Crippen LogP contribution in [0.15, 0.2) is 41.5 Å². The number of rotatable bonds is 5. The van der Waals surface area contributed by atoms with Gasteiger partial charge in [0.1, 0.15) is 5.69 Å². The normalized spacial score (nSPS) is 9.33. The summed E-state index contributed by atoms with van der Waals surface area (Å²) >= 11 is 24.1. The van der Waals surface area contributed by atoms with Crippen LogP contribution < -0.4 is 0 Å². The van der Waals surface area contributed by atoms with Crippen molar-refractivity contribution >= 4 is 58.5 Å². The summed E-state index contributed by atoms with van der Waals surface area (Å²) in [6.07, 6.45) is 1.09. The van der Waals surface area contributed by atoms with Crippen molar-refractivity contribution in [3.63, 3.8) is 0 Å². The molecule has 0 spiro atoms. The maximum absolute atomic E-state index is 11.0. The Morgan fingerprint density at radius 2 is 1.50 bits per heavy atom. The summed E-state index contributed by atoms with van der Waals surface area (Å²) in [5.74, 6) is 4.29. The molecule has 0 fully saturated rings. The highest BCUT2D eigenvalue weighted by Gasteiger charge is 2.19. The molecule has 0 saturated heterocycles. The van der Waals surface area contributed by atoms with Gasteiger partial charge in [0.2, 0.25) is 0 Å². The lowest BCUT2D eigenvalue weighted by Crippen LogP contribution is -2.07. The number of hydrogen-bond acceptors (Lipinski definition) is 7. The van der Waals surface area contributed by atoms with Crippen molar-refractivity contribution in [3.05, 3.63) is 78.2 Å². The molecule has 0 amide bonds.